The number of hydrogen-bond acceptors (Lipinski definition) is 3. The molecule has 0 aliphatic carbocycles. The first-order valence-electron chi connectivity index (χ1n) is 6.19. The lowest BCUT2D eigenvalue weighted by atomic mass is 10.2. The van der Waals surface area contributed by atoms with Crippen LogP contribution >= 0.6 is 0 Å². The monoisotopic (exact) mass is 259 g/mol. The van der Waals surface area contributed by atoms with Crippen molar-refractivity contribution in [3.63, 3.8) is 0 Å². The molecule has 0 saturated heterocycles. The van der Waals surface area contributed by atoms with E-state index in [1.54, 1.807) is 12.1 Å². The highest BCUT2D eigenvalue weighted by Crippen LogP contribution is 2.25. The van der Waals surface area contributed by atoms with Gasteiger partial charge in [-0.05, 0) is 39.0 Å². The number of benzene rings is 1. The molecule has 4 nitrogen and oxygen atoms in total. The average Bonchev–Trinajstić information content (AvgIpc) is 2.77. The second-order valence-corrected chi connectivity index (χ2v) is 4.55. The fraction of sp³-hybridized carbons (Fsp3) is 0.267. The predicted octanol–water partition coefficient (Wildman–Crippen LogP) is 3.63. The molecule has 0 radical (unpaired) electrons. The molecule has 1 N–H and O–H groups in total. The summed E-state index contributed by atoms with van der Waals surface area (Å²) in [5.41, 5.74) is 1.44. The maximum atomic E-state index is 12.1. The standard InChI is InChI=1S/C15H17NO3/c1-10(2)19-13-7-5-4-6-12(13)16-15(17)14-11(3)8-9-18-14/h4-10H,1-3H3,(H,16,17). The van der Waals surface area contributed by atoms with Crippen molar-refractivity contribution in [2.24, 2.45) is 0 Å². The Labute approximate surface area is 112 Å². The van der Waals surface area contributed by atoms with Crippen molar-refractivity contribution >= 4 is 11.6 Å². The van der Waals surface area contributed by atoms with E-state index in [1.165, 1.54) is 6.26 Å². The summed E-state index contributed by atoms with van der Waals surface area (Å²) in [6.45, 7) is 5.71. The quantitative estimate of drug-likeness (QED) is 0.912. The Morgan fingerprint density at radius 3 is 2.63 bits per heavy atom. The number of furan rings is 1. The van der Waals surface area contributed by atoms with Crippen molar-refractivity contribution in [2.45, 2.75) is 26.9 Å². The van der Waals surface area contributed by atoms with Crippen LogP contribution in [0.25, 0.3) is 0 Å². The van der Waals surface area contributed by atoms with E-state index in [9.17, 15) is 4.79 Å². The number of carbonyl (C=O) groups is 1. The van der Waals surface area contributed by atoms with E-state index < -0.39 is 0 Å². The number of para-hydroxylation sites is 2. The lowest BCUT2D eigenvalue weighted by molar-refractivity contribution is 0.0995. The van der Waals surface area contributed by atoms with Gasteiger partial charge in [0.25, 0.3) is 5.91 Å². The second kappa shape index (κ2) is 5.61. The van der Waals surface area contributed by atoms with Gasteiger partial charge in [-0.2, -0.15) is 0 Å². The maximum Gasteiger partial charge on any atom is 0.291 e. The molecule has 1 aromatic heterocycles. The van der Waals surface area contributed by atoms with Gasteiger partial charge in [0, 0.05) is 5.56 Å². The zero-order valence-electron chi connectivity index (χ0n) is 11.3. The third-order valence-corrected chi connectivity index (χ3v) is 2.57. The van der Waals surface area contributed by atoms with Gasteiger partial charge < -0.3 is 14.5 Å². The van der Waals surface area contributed by atoms with Gasteiger partial charge >= 0.3 is 0 Å². The smallest absolute Gasteiger partial charge is 0.291 e. The zero-order valence-corrected chi connectivity index (χ0v) is 11.3. The minimum Gasteiger partial charge on any atom is -0.489 e. The van der Waals surface area contributed by atoms with Crippen molar-refractivity contribution in [2.75, 3.05) is 5.32 Å². The van der Waals surface area contributed by atoms with Crippen molar-refractivity contribution < 1.29 is 13.9 Å². The van der Waals surface area contributed by atoms with Crippen LogP contribution in [-0.2, 0) is 0 Å². The predicted molar refractivity (Wildman–Crippen MR) is 73.6 cm³/mol. The Hall–Kier alpha value is -2.23. The van der Waals surface area contributed by atoms with Crippen LogP contribution < -0.4 is 10.1 Å². The van der Waals surface area contributed by atoms with E-state index in [1.807, 2.05) is 39.0 Å². The molecular weight excluding hydrogens is 242 g/mol. The van der Waals surface area contributed by atoms with Gasteiger partial charge in [-0.3, -0.25) is 4.79 Å². The molecule has 1 amide bonds. The van der Waals surface area contributed by atoms with Gasteiger partial charge in [0.15, 0.2) is 5.76 Å². The molecule has 0 saturated carbocycles. The van der Waals surface area contributed by atoms with Gasteiger partial charge in [-0.25, -0.2) is 0 Å². The van der Waals surface area contributed by atoms with Crippen LogP contribution in [0.1, 0.15) is 30.0 Å². The van der Waals surface area contributed by atoms with Crippen LogP contribution in [0.5, 0.6) is 5.75 Å². The molecule has 19 heavy (non-hydrogen) atoms. The maximum absolute atomic E-state index is 12.1. The molecule has 0 bridgehead atoms. The summed E-state index contributed by atoms with van der Waals surface area (Å²) in [6, 6.07) is 9.09. The Morgan fingerprint density at radius 2 is 2.00 bits per heavy atom. The Kier molecular flexibility index (Phi) is 3.90. The number of rotatable bonds is 4. The third kappa shape index (κ3) is 3.16. The molecular formula is C15H17NO3. The fourth-order valence-corrected chi connectivity index (χ4v) is 1.71. The molecule has 0 atom stereocenters. The number of carbonyl (C=O) groups excluding carboxylic acids is 1. The van der Waals surface area contributed by atoms with Crippen molar-refractivity contribution in [1.82, 2.24) is 0 Å². The van der Waals surface area contributed by atoms with Gasteiger partial charge in [-0.1, -0.05) is 12.1 Å². The lowest BCUT2D eigenvalue weighted by Gasteiger charge is -2.14. The average molecular weight is 259 g/mol. The van der Waals surface area contributed by atoms with E-state index >= 15 is 0 Å². The third-order valence-electron chi connectivity index (χ3n) is 2.57. The highest BCUT2D eigenvalue weighted by atomic mass is 16.5. The summed E-state index contributed by atoms with van der Waals surface area (Å²) in [7, 11) is 0. The summed E-state index contributed by atoms with van der Waals surface area (Å²) in [4.78, 5) is 12.1. The Balaban J connectivity index is 2.19. The summed E-state index contributed by atoms with van der Waals surface area (Å²) < 4.78 is 10.8. The normalized spacial score (nSPS) is 10.5. The fourth-order valence-electron chi connectivity index (χ4n) is 1.71. The van der Waals surface area contributed by atoms with E-state index in [2.05, 4.69) is 5.32 Å². The first kappa shape index (κ1) is 13.2. The minimum absolute atomic E-state index is 0.0448. The van der Waals surface area contributed by atoms with Gasteiger partial charge in [-0.15, -0.1) is 0 Å². The molecule has 0 spiro atoms. The number of hydrogen-bond donors (Lipinski definition) is 1. The van der Waals surface area contributed by atoms with Crippen molar-refractivity contribution in [3.8, 4) is 5.75 Å². The number of nitrogens with one attached hydrogen (secondary N) is 1. The molecule has 0 aliphatic rings. The molecule has 4 heteroatoms. The highest BCUT2D eigenvalue weighted by molar-refractivity contribution is 6.03. The summed E-state index contributed by atoms with van der Waals surface area (Å²) in [6.07, 6.45) is 1.55. The number of anilines is 1. The molecule has 1 aromatic carbocycles. The first-order valence-corrected chi connectivity index (χ1v) is 6.19. The topological polar surface area (TPSA) is 51.5 Å². The van der Waals surface area contributed by atoms with Crippen molar-refractivity contribution in [3.05, 3.63) is 47.9 Å². The van der Waals surface area contributed by atoms with Crippen LogP contribution in [-0.4, -0.2) is 12.0 Å². The number of ether oxygens (including phenoxy) is 1. The van der Waals surface area contributed by atoms with E-state index in [4.69, 9.17) is 9.15 Å². The van der Waals surface area contributed by atoms with E-state index in [0.29, 0.717) is 17.2 Å². The Bertz CT molecular complexity index is 572. The van der Waals surface area contributed by atoms with Gasteiger partial charge in [0.05, 0.1) is 18.1 Å². The summed E-state index contributed by atoms with van der Waals surface area (Å²) in [5, 5.41) is 2.80. The number of aryl methyl sites for hydroxylation is 1. The highest BCUT2D eigenvalue weighted by Gasteiger charge is 2.15. The molecule has 1 heterocycles. The van der Waals surface area contributed by atoms with Crippen LogP contribution in [0.3, 0.4) is 0 Å². The lowest BCUT2D eigenvalue weighted by Crippen LogP contribution is -2.14. The molecule has 2 rings (SSSR count). The number of amides is 1. The molecule has 0 aliphatic heterocycles. The minimum atomic E-state index is -0.276. The van der Waals surface area contributed by atoms with E-state index in [-0.39, 0.29) is 12.0 Å². The zero-order chi connectivity index (χ0) is 13.8. The largest absolute Gasteiger partial charge is 0.489 e. The Morgan fingerprint density at radius 1 is 1.26 bits per heavy atom. The first-order chi connectivity index (χ1) is 9.08. The second-order valence-electron chi connectivity index (χ2n) is 4.55. The summed E-state index contributed by atoms with van der Waals surface area (Å²) in [5.74, 6) is 0.691. The van der Waals surface area contributed by atoms with Crippen molar-refractivity contribution in [1.29, 1.82) is 0 Å². The van der Waals surface area contributed by atoms with Gasteiger partial charge in [0.1, 0.15) is 5.75 Å². The SMILES string of the molecule is Cc1ccoc1C(=O)Nc1ccccc1OC(C)C. The van der Waals surface area contributed by atoms with Crippen LogP contribution in [0.2, 0.25) is 0 Å². The molecule has 0 fully saturated rings. The molecule has 100 valence electrons. The van der Waals surface area contributed by atoms with Crippen LogP contribution in [0.4, 0.5) is 5.69 Å². The van der Waals surface area contributed by atoms with Crippen LogP contribution in [0, 0.1) is 6.92 Å². The summed E-state index contributed by atoms with van der Waals surface area (Å²) >= 11 is 0. The van der Waals surface area contributed by atoms with E-state index in [0.717, 1.165) is 5.56 Å². The van der Waals surface area contributed by atoms with Crippen LogP contribution in [0.15, 0.2) is 41.0 Å². The molecule has 0 unspecified atom stereocenters. The van der Waals surface area contributed by atoms with Gasteiger partial charge in [0.2, 0.25) is 0 Å². The molecule has 2 aromatic rings.